The number of nitrogens with zero attached hydrogens (tertiary/aromatic N) is 3. The second kappa shape index (κ2) is 7.79. The van der Waals surface area contributed by atoms with Crippen LogP contribution in [0.25, 0.3) is 22.3 Å². The molecule has 0 aliphatic heterocycles. The summed E-state index contributed by atoms with van der Waals surface area (Å²) in [4.78, 5) is 24.5. The largest absolute Gasteiger partial charge is 0.493 e. The smallest absolute Gasteiger partial charge is 0.337 e. The van der Waals surface area contributed by atoms with E-state index >= 15 is 0 Å². The molecule has 0 spiro atoms. The zero-order chi connectivity index (χ0) is 21.3. The predicted molar refractivity (Wildman–Crippen MR) is 115 cm³/mol. The third kappa shape index (κ3) is 3.65. The number of aryl methyl sites for hydroxylation is 1. The van der Waals surface area contributed by atoms with Gasteiger partial charge in [-0.25, -0.2) is 9.78 Å². The number of aromatic nitrogens is 3. The molecule has 4 aromatic rings. The fourth-order valence-electron chi connectivity index (χ4n) is 3.46. The fraction of sp³-hybridized carbons (Fsp3) is 0.130. The maximum atomic E-state index is 11.6. The minimum absolute atomic E-state index is 0.102. The number of para-hydroxylation sites is 1. The molecular weight excluding hydrogens is 380 g/mol. The van der Waals surface area contributed by atoms with Gasteiger partial charge in [-0.1, -0.05) is 18.2 Å². The summed E-state index contributed by atoms with van der Waals surface area (Å²) < 4.78 is 0. The molecule has 0 fully saturated rings. The lowest BCUT2D eigenvalue weighted by molar-refractivity contribution is 0.0698. The maximum Gasteiger partial charge on any atom is 0.337 e. The average molecular weight is 400 g/mol. The Morgan fingerprint density at radius 2 is 1.80 bits per heavy atom. The van der Waals surface area contributed by atoms with Crippen molar-refractivity contribution in [2.75, 3.05) is 5.32 Å². The van der Waals surface area contributed by atoms with Gasteiger partial charge in [-0.05, 0) is 49.7 Å². The number of carboxylic acid groups (broad SMARTS) is 1. The normalized spacial score (nSPS) is 11.9. The summed E-state index contributed by atoms with van der Waals surface area (Å²) in [6.07, 6.45) is 3.28. The van der Waals surface area contributed by atoms with Gasteiger partial charge in [-0.15, -0.1) is 0 Å². The van der Waals surface area contributed by atoms with Gasteiger partial charge in [-0.3, -0.25) is 4.98 Å². The summed E-state index contributed by atoms with van der Waals surface area (Å²) in [5.41, 5.74) is 3.82. The summed E-state index contributed by atoms with van der Waals surface area (Å²) in [6.45, 7) is 3.86. The van der Waals surface area contributed by atoms with Crippen LogP contribution in [-0.2, 0) is 0 Å². The van der Waals surface area contributed by atoms with E-state index < -0.39 is 5.97 Å². The van der Waals surface area contributed by atoms with Gasteiger partial charge >= 0.3 is 5.97 Å². The molecule has 150 valence electrons. The highest BCUT2D eigenvalue weighted by Crippen LogP contribution is 2.33. The van der Waals surface area contributed by atoms with Crippen molar-refractivity contribution >= 4 is 22.6 Å². The van der Waals surface area contributed by atoms with Crippen LogP contribution in [0.4, 0.5) is 5.69 Å². The lowest BCUT2D eigenvalue weighted by Gasteiger charge is -2.20. The van der Waals surface area contributed by atoms with Crippen molar-refractivity contribution in [2.45, 2.75) is 19.9 Å². The van der Waals surface area contributed by atoms with E-state index in [2.05, 4.69) is 15.3 Å². The topological polar surface area (TPSA) is 108 Å². The zero-order valence-corrected chi connectivity index (χ0v) is 16.5. The first-order chi connectivity index (χ1) is 14.4. The molecule has 4 rings (SSSR count). The molecule has 1 atom stereocenters. The second-order valence-electron chi connectivity index (χ2n) is 7.07. The van der Waals surface area contributed by atoms with Gasteiger partial charge in [0.15, 0.2) is 5.82 Å². The molecule has 0 bridgehead atoms. The van der Waals surface area contributed by atoms with Crippen LogP contribution in [0.5, 0.6) is 5.88 Å². The molecule has 2 aromatic heterocycles. The highest BCUT2D eigenvalue weighted by molar-refractivity contribution is 5.94. The third-order valence-electron chi connectivity index (χ3n) is 4.89. The van der Waals surface area contributed by atoms with Gasteiger partial charge < -0.3 is 15.5 Å². The van der Waals surface area contributed by atoms with Gasteiger partial charge in [0.25, 0.3) is 0 Å². The Labute approximate surface area is 173 Å². The van der Waals surface area contributed by atoms with E-state index in [0.717, 1.165) is 16.7 Å². The Bertz CT molecular complexity index is 1240. The van der Waals surface area contributed by atoms with Gasteiger partial charge in [0.2, 0.25) is 5.88 Å². The summed E-state index contributed by atoms with van der Waals surface area (Å²) in [5.74, 6) is -0.708. The zero-order valence-electron chi connectivity index (χ0n) is 16.5. The van der Waals surface area contributed by atoms with Crippen LogP contribution in [0.15, 0.2) is 60.9 Å². The lowest BCUT2D eigenvalue weighted by atomic mass is 10.00. The molecular formula is C23H20N4O3. The molecule has 0 saturated carbocycles. The second-order valence-corrected chi connectivity index (χ2v) is 7.07. The molecule has 3 N–H and O–H groups in total. The van der Waals surface area contributed by atoms with Crippen LogP contribution < -0.4 is 5.32 Å². The van der Waals surface area contributed by atoms with Gasteiger partial charge in [0.1, 0.15) is 0 Å². The number of hydrogen-bond acceptors (Lipinski definition) is 6. The molecule has 2 heterocycles. The number of aromatic carboxylic acids is 1. The van der Waals surface area contributed by atoms with Gasteiger partial charge in [0, 0.05) is 29.2 Å². The lowest BCUT2D eigenvalue weighted by Crippen LogP contribution is -2.12. The molecule has 0 amide bonds. The molecule has 7 heteroatoms. The van der Waals surface area contributed by atoms with Crippen molar-refractivity contribution in [2.24, 2.45) is 0 Å². The number of benzene rings is 2. The molecule has 2 aromatic carbocycles. The fourth-order valence-corrected chi connectivity index (χ4v) is 3.46. The molecule has 1 unspecified atom stereocenters. The van der Waals surface area contributed by atoms with Crippen molar-refractivity contribution in [3.8, 4) is 17.3 Å². The van der Waals surface area contributed by atoms with Gasteiger partial charge in [-0.2, -0.15) is 4.98 Å². The molecule has 0 aliphatic carbocycles. The van der Waals surface area contributed by atoms with E-state index in [1.54, 1.807) is 48.8 Å². The van der Waals surface area contributed by atoms with Crippen LogP contribution >= 0.6 is 0 Å². The Morgan fingerprint density at radius 3 is 2.53 bits per heavy atom. The Balaban J connectivity index is 1.84. The number of carboxylic acids is 1. The summed E-state index contributed by atoms with van der Waals surface area (Å²) in [5, 5.41) is 23.9. The van der Waals surface area contributed by atoms with Crippen molar-refractivity contribution in [3.63, 3.8) is 0 Å². The number of anilines is 1. The van der Waals surface area contributed by atoms with E-state index in [4.69, 9.17) is 4.98 Å². The minimum atomic E-state index is -1.00. The first-order valence-electron chi connectivity index (χ1n) is 9.44. The quantitative estimate of drug-likeness (QED) is 0.450. The highest BCUT2D eigenvalue weighted by atomic mass is 16.4. The number of hydrogen-bond donors (Lipinski definition) is 3. The Morgan fingerprint density at radius 1 is 1.07 bits per heavy atom. The van der Waals surface area contributed by atoms with Crippen LogP contribution in [-0.4, -0.2) is 31.1 Å². The van der Waals surface area contributed by atoms with Crippen LogP contribution in [0.3, 0.4) is 0 Å². The summed E-state index contributed by atoms with van der Waals surface area (Å²) in [7, 11) is 0. The highest BCUT2D eigenvalue weighted by Gasteiger charge is 2.18. The first kappa shape index (κ1) is 19.3. The SMILES string of the molecule is Cc1cc(C(C)Nc2ccccc2C(=O)O)c2nc(-c3ccncc3)nc(O)c2c1. The number of aromatic hydroxyl groups is 1. The Kier molecular flexibility index (Phi) is 5.02. The number of fused-ring (bicyclic) bond motifs is 1. The van der Waals surface area contributed by atoms with E-state index in [-0.39, 0.29) is 17.5 Å². The molecule has 0 radical (unpaired) electrons. The van der Waals surface area contributed by atoms with Crippen molar-refractivity contribution < 1.29 is 15.0 Å². The van der Waals surface area contributed by atoms with Crippen molar-refractivity contribution in [3.05, 3.63) is 77.6 Å². The first-order valence-corrected chi connectivity index (χ1v) is 9.44. The molecule has 0 aliphatic rings. The summed E-state index contributed by atoms with van der Waals surface area (Å²) in [6, 6.07) is 13.9. The number of rotatable bonds is 5. The number of carbonyl (C=O) groups is 1. The van der Waals surface area contributed by atoms with E-state index in [0.29, 0.717) is 22.4 Å². The summed E-state index contributed by atoms with van der Waals surface area (Å²) >= 11 is 0. The maximum absolute atomic E-state index is 11.6. The predicted octanol–water partition coefficient (Wildman–Crippen LogP) is 4.58. The van der Waals surface area contributed by atoms with Crippen LogP contribution in [0, 0.1) is 6.92 Å². The van der Waals surface area contributed by atoms with Crippen molar-refractivity contribution in [1.82, 2.24) is 15.0 Å². The monoisotopic (exact) mass is 400 g/mol. The third-order valence-corrected chi connectivity index (χ3v) is 4.89. The number of nitrogens with one attached hydrogen (secondary N) is 1. The Hall–Kier alpha value is -4.00. The van der Waals surface area contributed by atoms with Gasteiger partial charge in [0.05, 0.1) is 22.5 Å². The molecule has 30 heavy (non-hydrogen) atoms. The minimum Gasteiger partial charge on any atom is -0.493 e. The van der Waals surface area contributed by atoms with Crippen LogP contribution in [0.2, 0.25) is 0 Å². The van der Waals surface area contributed by atoms with E-state index in [1.165, 1.54) is 0 Å². The molecule has 7 nitrogen and oxygen atoms in total. The average Bonchev–Trinajstić information content (AvgIpc) is 2.74. The van der Waals surface area contributed by atoms with E-state index in [1.807, 2.05) is 26.0 Å². The number of pyridine rings is 1. The van der Waals surface area contributed by atoms with Crippen molar-refractivity contribution in [1.29, 1.82) is 0 Å². The standard InChI is InChI=1S/C23H20N4O3/c1-13-11-17(14(2)25-19-6-4-3-5-16(19)23(29)30)20-18(12-13)22(28)27-21(26-20)15-7-9-24-10-8-15/h3-12,14,25H,1-2H3,(H,29,30)(H,26,27,28). The molecule has 0 saturated heterocycles. The van der Waals surface area contributed by atoms with E-state index in [9.17, 15) is 15.0 Å². The van der Waals surface area contributed by atoms with Crippen LogP contribution in [0.1, 0.15) is 34.5 Å².